The molecule has 25 heavy (non-hydrogen) atoms. The van der Waals surface area contributed by atoms with Gasteiger partial charge in [0, 0.05) is 11.8 Å². The van der Waals surface area contributed by atoms with Gasteiger partial charge in [0.25, 0.3) is 0 Å². The van der Waals surface area contributed by atoms with Crippen molar-refractivity contribution in [3.8, 4) is 0 Å². The monoisotopic (exact) mass is 354 g/mol. The van der Waals surface area contributed by atoms with Crippen molar-refractivity contribution in [2.24, 2.45) is 16.8 Å². The molecule has 1 aliphatic carbocycles. The summed E-state index contributed by atoms with van der Waals surface area (Å²) in [5, 5.41) is 2.59. The highest BCUT2D eigenvalue weighted by Crippen LogP contribution is 2.28. The number of aldehydes is 1. The Hall–Kier alpha value is -1.92. The number of alkyl carbamates (subject to hydrolysis) is 1. The molecule has 7 nitrogen and oxygen atoms in total. The van der Waals surface area contributed by atoms with Crippen molar-refractivity contribution in [3.05, 3.63) is 0 Å². The Morgan fingerprint density at radius 3 is 1.92 bits per heavy atom. The Balaban J connectivity index is 2.88. The summed E-state index contributed by atoms with van der Waals surface area (Å²) >= 11 is 0. The van der Waals surface area contributed by atoms with Gasteiger partial charge in [0.05, 0.1) is 0 Å². The highest BCUT2D eigenvalue weighted by molar-refractivity contribution is 6.01. The van der Waals surface area contributed by atoms with Crippen molar-refractivity contribution in [2.45, 2.75) is 78.4 Å². The van der Waals surface area contributed by atoms with Crippen molar-refractivity contribution >= 4 is 24.3 Å². The molecule has 1 rings (SSSR count). The van der Waals surface area contributed by atoms with Gasteiger partial charge in [-0.15, -0.1) is 0 Å². The SMILES string of the molecule is CC(C)(C)OC(=O)N=C(NC(=O)OC(C)(C)C)C1CCC(C=O)CC1. The van der Waals surface area contributed by atoms with E-state index in [0.717, 1.165) is 6.29 Å². The zero-order chi connectivity index (χ0) is 19.3. The Morgan fingerprint density at radius 1 is 0.960 bits per heavy atom. The fraction of sp³-hybridized carbons (Fsp3) is 0.778. The average Bonchev–Trinajstić information content (AvgIpc) is 2.42. The molecule has 0 radical (unpaired) electrons. The third kappa shape index (κ3) is 8.65. The second-order valence-corrected chi connectivity index (χ2v) is 8.35. The van der Waals surface area contributed by atoms with Crippen LogP contribution in [-0.4, -0.2) is 35.5 Å². The van der Waals surface area contributed by atoms with Crippen LogP contribution in [0.3, 0.4) is 0 Å². The molecular weight excluding hydrogens is 324 g/mol. The molecule has 0 heterocycles. The molecule has 0 bridgehead atoms. The molecule has 0 aromatic carbocycles. The number of nitrogens with zero attached hydrogens (tertiary/aromatic N) is 1. The van der Waals surface area contributed by atoms with Crippen LogP contribution in [-0.2, 0) is 14.3 Å². The average molecular weight is 354 g/mol. The lowest BCUT2D eigenvalue weighted by Crippen LogP contribution is -2.41. The van der Waals surface area contributed by atoms with Crippen LogP contribution in [0.25, 0.3) is 0 Å². The first kappa shape index (κ1) is 21.1. The fourth-order valence-electron chi connectivity index (χ4n) is 2.54. The van der Waals surface area contributed by atoms with Crippen LogP contribution in [0.15, 0.2) is 4.99 Å². The Morgan fingerprint density at radius 2 is 1.48 bits per heavy atom. The number of hydrogen-bond donors (Lipinski definition) is 1. The van der Waals surface area contributed by atoms with Crippen molar-refractivity contribution in [2.75, 3.05) is 0 Å². The Bertz CT molecular complexity index is 521. The van der Waals surface area contributed by atoms with Gasteiger partial charge in [0.1, 0.15) is 23.3 Å². The fourth-order valence-corrected chi connectivity index (χ4v) is 2.54. The van der Waals surface area contributed by atoms with Gasteiger partial charge in [-0.05, 0) is 67.2 Å². The predicted octanol–water partition coefficient (Wildman–Crippen LogP) is 3.85. The lowest BCUT2D eigenvalue weighted by Gasteiger charge is -2.28. The largest absolute Gasteiger partial charge is 0.444 e. The predicted molar refractivity (Wildman–Crippen MR) is 94.6 cm³/mol. The van der Waals surface area contributed by atoms with Gasteiger partial charge in [-0.1, -0.05) is 0 Å². The van der Waals surface area contributed by atoms with Gasteiger partial charge in [-0.3, -0.25) is 5.32 Å². The quantitative estimate of drug-likeness (QED) is 0.462. The number of rotatable bonds is 2. The van der Waals surface area contributed by atoms with E-state index in [1.165, 1.54) is 0 Å². The van der Waals surface area contributed by atoms with Crippen LogP contribution in [0, 0.1) is 11.8 Å². The van der Waals surface area contributed by atoms with Gasteiger partial charge in [-0.2, -0.15) is 4.99 Å². The molecule has 0 aromatic rings. The minimum atomic E-state index is -0.754. The second kappa shape index (κ2) is 8.45. The first-order chi connectivity index (χ1) is 11.4. The van der Waals surface area contributed by atoms with Crippen LogP contribution >= 0.6 is 0 Å². The minimum Gasteiger partial charge on any atom is -0.444 e. The maximum absolute atomic E-state index is 12.1. The normalized spacial score (nSPS) is 22.1. The van der Waals surface area contributed by atoms with Crippen molar-refractivity contribution in [1.29, 1.82) is 0 Å². The number of nitrogens with one attached hydrogen (secondary N) is 1. The zero-order valence-electron chi connectivity index (χ0n) is 16.0. The van der Waals surface area contributed by atoms with E-state index in [0.29, 0.717) is 25.7 Å². The molecule has 0 saturated heterocycles. The number of carbonyl (C=O) groups excluding carboxylic acids is 3. The molecule has 142 valence electrons. The summed E-state index contributed by atoms with van der Waals surface area (Å²) in [5.41, 5.74) is -1.33. The van der Waals surface area contributed by atoms with E-state index in [2.05, 4.69) is 10.3 Å². The summed E-state index contributed by atoms with van der Waals surface area (Å²) in [5.74, 6) is 0.157. The summed E-state index contributed by atoms with van der Waals surface area (Å²) in [6.45, 7) is 10.5. The minimum absolute atomic E-state index is 0.0283. The number of amidine groups is 1. The third-order valence-corrected chi connectivity index (χ3v) is 3.59. The summed E-state index contributed by atoms with van der Waals surface area (Å²) in [6.07, 6.45) is 2.29. The van der Waals surface area contributed by atoms with Gasteiger partial charge < -0.3 is 14.3 Å². The van der Waals surface area contributed by atoms with E-state index in [1.54, 1.807) is 41.5 Å². The molecular formula is C18H30N2O5. The van der Waals surface area contributed by atoms with Gasteiger partial charge in [-0.25, -0.2) is 9.59 Å². The van der Waals surface area contributed by atoms with Crippen LogP contribution in [0.2, 0.25) is 0 Å². The standard InChI is InChI=1S/C18H30N2O5/c1-17(2,3)24-15(22)19-14(20-16(23)25-18(4,5)6)13-9-7-12(11-21)8-10-13/h11-13H,7-10H2,1-6H3,(H,19,20,22,23). The number of hydrogen-bond acceptors (Lipinski definition) is 5. The molecule has 0 aromatic heterocycles. The van der Waals surface area contributed by atoms with Crippen LogP contribution < -0.4 is 5.32 Å². The summed E-state index contributed by atoms with van der Waals surface area (Å²) < 4.78 is 10.5. The Kier molecular flexibility index (Phi) is 7.14. The third-order valence-electron chi connectivity index (χ3n) is 3.59. The van der Waals surface area contributed by atoms with Gasteiger partial charge in [0.15, 0.2) is 0 Å². The first-order valence-corrected chi connectivity index (χ1v) is 8.66. The zero-order valence-corrected chi connectivity index (χ0v) is 16.0. The second-order valence-electron chi connectivity index (χ2n) is 8.35. The molecule has 2 amide bonds. The molecule has 7 heteroatoms. The van der Waals surface area contributed by atoms with Crippen LogP contribution in [0.5, 0.6) is 0 Å². The molecule has 0 unspecified atom stereocenters. The van der Waals surface area contributed by atoms with Gasteiger partial charge in [0.2, 0.25) is 0 Å². The van der Waals surface area contributed by atoms with E-state index in [-0.39, 0.29) is 17.7 Å². The number of ether oxygens (including phenoxy) is 2. The molecule has 1 N–H and O–H groups in total. The molecule has 1 fully saturated rings. The van der Waals surface area contributed by atoms with E-state index < -0.39 is 23.4 Å². The molecule has 1 saturated carbocycles. The topological polar surface area (TPSA) is 94.1 Å². The van der Waals surface area contributed by atoms with Crippen LogP contribution in [0.4, 0.5) is 9.59 Å². The summed E-state index contributed by atoms with van der Waals surface area (Å²) in [7, 11) is 0. The molecule has 0 spiro atoms. The van der Waals surface area contributed by atoms with Crippen molar-refractivity contribution in [3.63, 3.8) is 0 Å². The highest BCUT2D eigenvalue weighted by atomic mass is 16.6. The van der Waals surface area contributed by atoms with Crippen molar-refractivity contribution in [1.82, 2.24) is 5.32 Å². The molecule has 0 aliphatic heterocycles. The molecule has 0 atom stereocenters. The summed E-state index contributed by atoms with van der Waals surface area (Å²) in [4.78, 5) is 39.0. The first-order valence-electron chi connectivity index (χ1n) is 8.66. The van der Waals surface area contributed by atoms with E-state index in [4.69, 9.17) is 9.47 Å². The van der Waals surface area contributed by atoms with E-state index in [9.17, 15) is 14.4 Å². The highest BCUT2D eigenvalue weighted by Gasteiger charge is 2.28. The number of carbonyl (C=O) groups is 3. The van der Waals surface area contributed by atoms with Gasteiger partial charge >= 0.3 is 12.2 Å². The van der Waals surface area contributed by atoms with E-state index >= 15 is 0 Å². The van der Waals surface area contributed by atoms with Crippen molar-refractivity contribution < 1.29 is 23.9 Å². The smallest absolute Gasteiger partial charge is 0.435 e. The lowest BCUT2D eigenvalue weighted by atomic mass is 9.82. The Labute approximate surface area is 149 Å². The summed E-state index contributed by atoms with van der Waals surface area (Å²) in [6, 6.07) is 0. The number of amides is 2. The van der Waals surface area contributed by atoms with Crippen LogP contribution in [0.1, 0.15) is 67.2 Å². The number of aliphatic imine (C=N–C) groups is 1. The van der Waals surface area contributed by atoms with E-state index in [1.807, 2.05) is 0 Å². The lowest BCUT2D eigenvalue weighted by molar-refractivity contribution is -0.112. The maximum atomic E-state index is 12.1. The maximum Gasteiger partial charge on any atom is 0.435 e. The molecule has 1 aliphatic rings.